The lowest BCUT2D eigenvalue weighted by atomic mass is 9.87. The molecule has 2 aromatic heterocycles. The van der Waals surface area contributed by atoms with Crippen LogP contribution in [0.2, 0.25) is 0 Å². The topological polar surface area (TPSA) is 43.6 Å². The van der Waals surface area contributed by atoms with Gasteiger partial charge in [0.2, 0.25) is 0 Å². The molecular formula is C24H26N4S2. The number of aromatic nitrogens is 4. The minimum absolute atomic E-state index is 0.143. The first-order chi connectivity index (χ1) is 14.3. The number of benzene rings is 2. The van der Waals surface area contributed by atoms with Crippen molar-refractivity contribution in [2.45, 2.75) is 44.0 Å². The second kappa shape index (κ2) is 8.36. The molecule has 4 aromatic rings. The highest BCUT2D eigenvalue weighted by Gasteiger charge is 2.16. The maximum absolute atomic E-state index is 4.82. The number of nitrogens with zero attached hydrogens (tertiary/aromatic N) is 4. The van der Waals surface area contributed by atoms with E-state index in [0.717, 1.165) is 33.0 Å². The Morgan fingerprint density at radius 3 is 2.43 bits per heavy atom. The minimum Gasteiger partial charge on any atom is -0.305 e. The molecule has 0 radical (unpaired) electrons. The lowest BCUT2D eigenvalue weighted by Gasteiger charge is -2.19. The van der Waals surface area contributed by atoms with E-state index in [0.29, 0.717) is 0 Å². The lowest BCUT2D eigenvalue weighted by Crippen LogP contribution is -2.10. The predicted octanol–water partition coefficient (Wildman–Crippen LogP) is 6.50. The van der Waals surface area contributed by atoms with Gasteiger partial charge in [-0.15, -0.1) is 21.5 Å². The van der Waals surface area contributed by atoms with Gasteiger partial charge in [-0.2, -0.15) is 0 Å². The Bertz CT molecular complexity index is 1150. The third-order valence-electron chi connectivity index (χ3n) is 5.12. The molecule has 0 aliphatic heterocycles. The van der Waals surface area contributed by atoms with Crippen molar-refractivity contribution in [1.82, 2.24) is 19.7 Å². The molecule has 0 N–H and O–H groups in total. The van der Waals surface area contributed by atoms with Crippen LogP contribution in [0.3, 0.4) is 0 Å². The first kappa shape index (κ1) is 20.8. The van der Waals surface area contributed by atoms with Gasteiger partial charge >= 0.3 is 0 Å². The molecular weight excluding hydrogens is 408 g/mol. The molecule has 0 amide bonds. The van der Waals surface area contributed by atoms with E-state index in [2.05, 4.69) is 96.4 Å². The molecule has 0 bridgehead atoms. The maximum atomic E-state index is 4.82. The van der Waals surface area contributed by atoms with Gasteiger partial charge in [-0.1, -0.05) is 81.1 Å². The summed E-state index contributed by atoms with van der Waals surface area (Å²) < 4.78 is 2.06. The van der Waals surface area contributed by atoms with Gasteiger partial charge in [0.1, 0.15) is 5.01 Å². The van der Waals surface area contributed by atoms with Gasteiger partial charge in [0, 0.05) is 29.3 Å². The van der Waals surface area contributed by atoms with Crippen LogP contribution in [-0.4, -0.2) is 19.7 Å². The van der Waals surface area contributed by atoms with Crippen LogP contribution in [0, 0.1) is 6.92 Å². The fraction of sp³-hybridized carbons (Fsp3) is 0.292. The number of thioether (sulfide) groups is 1. The molecule has 0 atom stereocenters. The molecule has 6 heteroatoms. The van der Waals surface area contributed by atoms with Gasteiger partial charge < -0.3 is 4.57 Å². The zero-order valence-corrected chi connectivity index (χ0v) is 19.6. The molecule has 0 fully saturated rings. The molecule has 0 unspecified atom stereocenters. The second-order valence-electron chi connectivity index (χ2n) is 8.44. The summed E-state index contributed by atoms with van der Waals surface area (Å²) in [6.07, 6.45) is 0. The summed E-state index contributed by atoms with van der Waals surface area (Å²) in [5.74, 6) is 1.66. The van der Waals surface area contributed by atoms with Gasteiger partial charge in [-0.05, 0) is 23.5 Å². The highest BCUT2D eigenvalue weighted by Crippen LogP contribution is 2.31. The second-order valence-corrected chi connectivity index (χ2v) is 10.2. The van der Waals surface area contributed by atoms with E-state index in [9.17, 15) is 0 Å². The highest BCUT2D eigenvalue weighted by atomic mass is 32.2. The molecule has 154 valence electrons. The molecule has 30 heavy (non-hydrogen) atoms. The van der Waals surface area contributed by atoms with Crippen molar-refractivity contribution in [1.29, 1.82) is 0 Å². The Kier molecular flexibility index (Phi) is 5.80. The molecule has 0 saturated heterocycles. The number of rotatable bonds is 5. The van der Waals surface area contributed by atoms with E-state index in [-0.39, 0.29) is 5.41 Å². The first-order valence-electron chi connectivity index (χ1n) is 9.96. The normalized spacial score (nSPS) is 11.8. The summed E-state index contributed by atoms with van der Waals surface area (Å²) in [6.45, 7) is 8.80. The summed E-state index contributed by atoms with van der Waals surface area (Å²) >= 11 is 3.36. The fourth-order valence-electron chi connectivity index (χ4n) is 3.26. The van der Waals surface area contributed by atoms with E-state index < -0.39 is 0 Å². The smallest absolute Gasteiger partial charge is 0.191 e. The number of aryl methyl sites for hydroxylation is 1. The zero-order valence-electron chi connectivity index (χ0n) is 18.0. The van der Waals surface area contributed by atoms with Crippen molar-refractivity contribution in [3.8, 4) is 22.0 Å². The fourth-order valence-corrected chi connectivity index (χ4v) is 5.08. The van der Waals surface area contributed by atoms with Gasteiger partial charge in [-0.25, -0.2) is 4.98 Å². The minimum atomic E-state index is 0.143. The Balaban J connectivity index is 1.47. The van der Waals surface area contributed by atoms with Crippen LogP contribution in [0.25, 0.3) is 22.0 Å². The quantitative estimate of drug-likeness (QED) is 0.336. The summed E-state index contributed by atoms with van der Waals surface area (Å²) in [6, 6.07) is 17.0. The van der Waals surface area contributed by atoms with Crippen molar-refractivity contribution in [3.63, 3.8) is 0 Å². The van der Waals surface area contributed by atoms with Crippen LogP contribution in [-0.2, 0) is 18.2 Å². The number of thiazole rings is 1. The van der Waals surface area contributed by atoms with E-state index in [1.807, 2.05) is 7.05 Å². The number of hydrogen-bond donors (Lipinski definition) is 0. The molecule has 2 aromatic carbocycles. The van der Waals surface area contributed by atoms with Gasteiger partial charge in [0.05, 0.1) is 5.69 Å². The van der Waals surface area contributed by atoms with E-state index in [4.69, 9.17) is 4.98 Å². The largest absolute Gasteiger partial charge is 0.305 e. The molecule has 4 rings (SSSR count). The molecule has 2 heterocycles. The van der Waals surface area contributed by atoms with Crippen LogP contribution in [0.4, 0.5) is 0 Å². The van der Waals surface area contributed by atoms with Crippen molar-refractivity contribution >= 4 is 23.1 Å². The van der Waals surface area contributed by atoms with Crippen LogP contribution in [0.5, 0.6) is 0 Å². The van der Waals surface area contributed by atoms with Crippen LogP contribution in [0.15, 0.2) is 59.1 Å². The first-order valence-corrected chi connectivity index (χ1v) is 11.8. The molecule has 0 spiro atoms. The van der Waals surface area contributed by atoms with Gasteiger partial charge in [0.15, 0.2) is 11.0 Å². The van der Waals surface area contributed by atoms with E-state index in [1.165, 1.54) is 16.7 Å². The van der Waals surface area contributed by atoms with E-state index >= 15 is 0 Å². The Labute approximate surface area is 186 Å². The third-order valence-corrected chi connectivity index (χ3v) is 7.10. The molecule has 4 nitrogen and oxygen atoms in total. The average Bonchev–Trinajstić information content (AvgIpc) is 3.33. The zero-order chi connectivity index (χ0) is 21.3. The monoisotopic (exact) mass is 434 g/mol. The molecule has 0 saturated carbocycles. The summed E-state index contributed by atoms with van der Waals surface area (Å²) in [5.41, 5.74) is 6.07. The Hall–Kier alpha value is -2.44. The number of hydrogen-bond acceptors (Lipinski definition) is 5. The van der Waals surface area contributed by atoms with Crippen molar-refractivity contribution < 1.29 is 0 Å². The maximum Gasteiger partial charge on any atom is 0.191 e. The van der Waals surface area contributed by atoms with Crippen molar-refractivity contribution in [3.05, 3.63) is 70.7 Å². The van der Waals surface area contributed by atoms with Crippen LogP contribution >= 0.6 is 23.1 Å². The highest BCUT2D eigenvalue weighted by molar-refractivity contribution is 7.98. The Morgan fingerprint density at radius 1 is 1.00 bits per heavy atom. The third kappa shape index (κ3) is 4.35. The summed E-state index contributed by atoms with van der Waals surface area (Å²) in [5, 5.41) is 12.9. The Morgan fingerprint density at radius 2 is 1.73 bits per heavy atom. The van der Waals surface area contributed by atoms with Crippen molar-refractivity contribution in [2.75, 3.05) is 0 Å². The van der Waals surface area contributed by atoms with E-state index in [1.54, 1.807) is 23.1 Å². The predicted molar refractivity (Wildman–Crippen MR) is 127 cm³/mol. The standard InChI is InChI=1S/C24H26N4S2/c1-16-8-6-7-9-20(16)22-25-19(14-29-22)15-30-23-27-26-21(28(23)5)17-10-12-18(13-11-17)24(2,3)4/h6-14H,15H2,1-5H3. The average molecular weight is 435 g/mol. The van der Waals surface area contributed by atoms with Gasteiger partial charge in [-0.3, -0.25) is 0 Å². The van der Waals surface area contributed by atoms with Crippen LogP contribution in [0.1, 0.15) is 37.6 Å². The van der Waals surface area contributed by atoms with Crippen molar-refractivity contribution in [2.24, 2.45) is 7.05 Å². The summed E-state index contributed by atoms with van der Waals surface area (Å²) in [7, 11) is 2.02. The summed E-state index contributed by atoms with van der Waals surface area (Å²) in [4.78, 5) is 4.82. The SMILES string of the molecule is Cc1ccccc1-c1nc(CSc2nnc(-c3ccc(C(C)(C)C)cc3)n2C)cs1. The lowest BCUT2D eigenvalue weighted by molar-refractivity contribution is 0.590. The molecule has 0 aliphatic carbocycles. The van der Waals surface area contributed by atoms with Gasteiger partial charge in [0.25, 0.3) is 0 Å². The molecule has 0 aliphatic rings. The van der Waals surface area contributed by atoms with Crippen LogP contribution < -0.4 is 0 Å².